The van der Waals surface area contributed by atoms with E-state index in [9.17, 15) is 4.39 Å². The summed E-state index contributed by atoms with van der Waals surface area (Å²) in [4.78, 5) is 0.238. The first-order valence-electron chi connectivity index (χ1n) is 4.16. The summed E-state index contributed by atoms with van der Waals surface area (Å²) in [5.74, 6) is 0.0732. The molecule has 0 unspecified atom stereocenters. The zero-order valence-electron chi connectivity index (χ0n) is 8.08. The highest BCUT2D eigenvalue weighted by Gasteiger charge is 2.23. The van der Waals surface area contributed by atoms with Gasteiger partial charge < -0.3 is 10.5 Å². The van der Waals surface area contributed by atoms with Crippen LogP contribution >= 0.6 is 12.2 Å². The molecule has 2 nitrogen and oxygen atoms in total. The third-order valence-corrected chi connectivity index (χ3v) is 2.25. The van der Waals surface area contributed by atoms with Crippen molar-refractivity contribution in [1.29, 1.82) is 0 Å². The van der Waals surface area contributed by atoms with Crippen LogP contribution in [0.15, 0.2) is 24.3 Å². The van der Waals surface area contributed by atoms with E-state index in [1.807, 2.05) is 0 Å². The predicted octanol–water partition coefficient (Wildman–Crippen LogP) is 2.27. The van der Waals surface area contributed by atoms with Crippen LogP contribution in [0.25, 0.3) is 0 Å². The quantitative estimate of drug-likeness (QED) is 0.782. The van der Waals surface area contributed by atoms with Crippen molar-refractivity contribution >= 4 is 17.2 Å². The molecule has 0 saturated carbocycles. The van der Waals surface area contributed by atoms with Gasteiger partial charge in [-0.3, -0.25) is 0 Å². The van der Waals surface area contributed by atoms with Gasteiger partial charge in [0.25, 0.3) is 0 Å². The molecule has 0 bridgehead atoms. The number of nitrogens with two attached hydrogens (primary N) is 1. The highest BCUT2D eigenvalue weighted by Crippen LogP contribution is 2.19. The van der Waals surface area contributed by atoms with Gasteiger partial charge in [-0.2, -0.15) is 0 Å². The maximum Gasteiger partial charge on any atom is 0.153 e. The first-order chi connectivity index (χ1) is 6.42. The molecule has 2 N–H and O–H groups in total. The van der Waals surface area contributed by atoms with Crippen LogP contribution in [0.3, 0.4) is 0 Å². The Balaban J connectivity index is 2.83. The number of halogens is 1. The Morgan fingerprint density at radius 2 is 2.14 bits per heavy atom. The predicted molar refractivity (Wildman–Crippen MR) is 57.9 cm³/mol. The van der Waals surface area contributed by atoms with E-state index >= 15 is 0 Å². The second kappa shape index (κ2) is 3.92. The summed E-state index contributed by atoms with van der Waals surface area (Å²) in [5.41, 5.74) is 4.71. The van der Waals surface area contributed by atoms with Gasteiger partial charge >= 0.3 is 0 Å². The first-order valence-corrected chi connectivity index (χ1v) is 4.57. The molecular formula is C10H12FNOS. The second-order valence-electron chi connectivity index (χ2n) is 3.43. The molecule has 0 aliphatic carbocycles. The fourth-order valence-electron chi connectivity index (χ4n) is 0.875. The van der Waals surface area contributed by atoms with Crippen LogP contribution in [-0.4, -0.2) is 10.6 Å². The molecule has 4 heteroatoms. The number of thiocarbonyl (C=S) groups is 1. The number of benzene rings is 1. The normalized spacial score (nSPS) is 11.1. The Bertz CT molecular complexity index is 352. The average Bonchev–Trinajstić information content (AvgIpc) is 2.02. The Labute approximate surface area is 87.9 Å². The van der Waals surface area contributed by atoms with Gasteiger partial charge in [-0.25, -0.2) is 4.39 Å². The van der Waals surface area contributed by atoms with E-state index in [1.165, 1.54) is 12.1 Å². The highest BCUT2D eigenvalue weighted by atomic mass is 32.1. The molecule has 1 aromatic carbocycles. The van der Waals surface area contributed by atoms with Crippen molar-refractivity contribution in [3.63, 3.8) is 0 Å². The van der Waals surface area contributed by atoms with Crippen LogP contribution in [0.5, 0.6) is 5.75 Å². The topological polar surface area (TPSA) is 35.2 Å². The van der Waals surface area contributed by atoms with Crippen LogP contribution in [0.1, 0.15) is 13.8 Å². The Hall–Kier alpha value is -1.16. The smallest absolute Gasteiger partial charge is 0.153 e. The fourth-order valence-corrected chi connectivity index (χ4v) is 0.917. The van der Waals surface area contributed by atoms with Crippen molar-refractivity contribution in [3.8, 4) is 5.75 Å². The molecule has 1 rings (SSSR count). The van der Waals surface area contributed by atoms with Crippen molar-refractivity contribution in [3.05, 3.63) is 30.1 Å². The lowest BCUT2D eigenvalue weighted by molar-refractivity contribution is 0.183. The molecule has 1 aromatic rings. The van der Waals surface area contributed by atoms with Gasteiger partial charge in [0.2, 0.25) is 0 Å². The van der Waals surface area contributed by atoms with Crippen molar-refractivity contribution in [1.82, 2.24) is 0 Å². The van der Waals surface area contributed by atoms with E-state index in [0.29, 0.717) is 5.75 Å². The van der Waals surface area contributed by atoms with E-state index in [0.717, 1.165) is 0 Å². The van der Waals surface area contributed by atoms with Gasteiger partial charge in [0.1, 0.15) is 16.6 Å². The molecule has 0 fully saturated rings. The van der Waals surface area contributed by atoms with Crippen molar-refractivity contribution in [2.75, 3.05) is 0 Å². The summed E-state index contributed by atoms with van der Waals surface area (Å²) in [6, 6.07) is 5.87. The van der Waals surface area contributed by atoms with E-state index in [4.69, 9.17) is 22.7 Å². The lowest BCUT2D eigenvalue weighted by Gasteiger charge is -2.24. The van der Waals surface area contributed by atoms with E-state index in [-0.39, 0.29) is 10.8 Å². The number of hydrogen-bond donors (Lipinski definition) is 1. The summed E-state index contributed by atoms with van der Waals surface area (Å²) in [6.07, 6.45) is 0. The number of ether oxygens (including phenoxy) is 1. The SMILES string of the molecule is CC(C)(Oc1cccc(F)c1)C(N)=S. The van der Waals surface area contributed by atoms with Crippen LogP contribution in [-0.2, 0) is 0 Å². The van der Waals surface area contributed by atoms with E-state index in [1.54, 1.807) is 26.0 Å². The molecule has 76 valence electrons. The lowest BCUT2D eigenvalue weighted by Crippen LogP contribution is -2.42. The molecule has 0 atom stereocenters. The highest BCUT2D eigenvalue weighted by molar-refractivity contribution is 7.80. The summed E-state index contributed by atoms with van der Waals surface area (Å²) in [6.45, 7) is 3.47. The molecular weight excluding hydrogens is 201 g/mol. The van der Waals surface area contributed by atoms with Crippen LogP contribution in [0.2, 0.25) is 0 Å². The molecule has 0 aliphatic heterocycles. The fraction of sp³-hybridized carbons (Fsp3) is 0.300. The molecule has 0 amide bonds. The molecule has 0 spiro atoms. The molecule has 14 heavy (non-hydrogen) atoms. The summed E-state index contributed by atoms with van der Waals surface area (Å²) < 4.78 is 18.2. The molecule has 0 aliphatic rings. The van der Waals surface area contributed by atoms with Crippen molar-refractivity contribution in [2.45, 2.75) is 19.4 Å². The third-order valence-electron chi connectivity index (χ3n) is 1.76. The first kappa shape index (κ1) is 10.9. The zero-order chi connectivity index (χ0) is 10.8. The van der Waals surface area contributed by atoms with Gasteiger partial charge in [0, 0.05) is 6.07 Å². The van der Waals surface area contributed by atoms with Gasteiger partial charge in [-0.15, -0.1) is 0 Å². The van der Waals surface area contributed by atoms with Gasteiger partial charge in [0.05, 0.1) is 0 Å². The monoisotopic (exact) mass is 213 g/mol. The summed E-state index contributed by atoms with van der Waals surface area (Å²) in [5, 5.41) is 0. The standard InChI is InChI=1S/C10H12FNOS/c1-10(2,9(12)14)13-8-5-3-4-7(11)6-8/h3-6H,1-2H3,(H2,12,14). The number of hydrogen-bond acceptors (Lipinski definition) is 2. The van der Waals surface area contributed by atoms with Crippen molar-refractivity contribution < 1.29 is 9.13 Å². The summed E-state index contributed by atoms with van der Waals surface area (Å²) >= 11 is 4.82. The minimum atomic E-state index is -0.761. The maximum atomic E-state index is 12.8. The Kier molecular flexibility index (Phi) is 3.06. The molecule has 0 saturated heterocycles. The lowest BCUT2D eigenvalue weighted by atomic mass is 10.1. The third kappa shape index (κ3) is 2.67. The molecule has 0 aromatic heterocycles. The average molecular weight is 213 g/mol. The Morgan fingerprint density at radius 1 is 1.50 bits per heavy atom. The second-order valence-corrected chi connectivity index (χ2v) is 3.87. The minimum Gasteiger partial charge on any atom is -0.481 e. The maximum absolute atomic E-state index is 12.8. The Morgan fingerprint density at radius 3 is 2.64 bits per heavy atom. The largest absolute Gasteiger partial charge is 0.481 e. The van der Waals surface area contributed by atoms with Crippen LogP contribution in [0, 0.1) is 5.82 Å². The molecule has 0 heterocycles. The van der Waals surface area contributed by atoms with Crippen LogP contribution in [0.4, 0.5) is 4.39 Å². The van der Waals surface area contributed by atoms with Gasteiger partial charge in [-0.05, 0) is 26.0 Å². The minimum absolute atomic E-state index is 0.238. The summed E-state index contributed by atoms with van der Waals surface area (Å²) in [7, 11) is 0. The van der Waals surface area contributed by atoms with Gasteiger partial charge in [0.15, 0.2) is 5.60 Å². The number of rotatable bonds is 3. The van der Waals surface area contributed by atoms with Gasteiger partial charge in [-0.1, -0.05) is 18.3 Å². The van der Waals surface area contributed by atoms with Crippen LogP contribution < -0.4 is 10.5 Å². The molecule has 0 radical (unpaired) electrons. The zero-order valence-corrected chi connectivity index (χ0v) is 8.90. The van der Waals surface area contributed by atoms with E-state index in [2.05, 4.69) is 0 Å². The van der Waals surface area contributed by atoms with E-state index < -0.39 is 5.60 Å². The van der Waals surface area contributed by atoms with Crippen molar-refractivity contribution in [2.24, 2.45) is 5.73 Å².